The number of carbonyl (C=O) groups excluding carboxylic acids is 1. The van der Waals surface area contributed by atoms with Crippen molar-refractivity contribution in [2.45, 2.75) is 33.2 Å². The third-order valence-electron chi connectivity index (χ3n) is 4.68. The second-order valence-corrected chi connectivity index (χ2v) is 7.04. The van der Waals surface area contributed by atoms with Crippen LogP contribution in [0.2, 0.25) is 0 Å². The third kappa shape index (κ3) is 6.62. The molecule has 0 spiro atoms. The predicted octanol–water partition coefficient (Wildman–Crippen LogP) is 0.463. The number of carbonyl (C=O) groups is 1. The Kier molecular flexibility index (Phi) is 9.45. The maximum atomic E-state index is 12.6. The number of hydrogen-bond acceptors (Lipinski definition) is 4. The van der Waals surface area contributed by atoms with E-state index in [0.29, 0.717) is 5.56 Å². The van der Waals surface area contributed by atoms with Crippen LogP contribution in [-0.2, 0) is 6.42 Å². The molecule has 0 saturated carbocycles. The zero-order valence-corrected chi connectivity index (χ0v) is 21.4. The van der Waals surface area contributed by atoms with Gasteiger partial charge in [-0.3, -0.25) is 9.78 Å². The van der Waals surface area contributed by atoms with Gasteiger partial charge in [0.25, 0.3) is 5.91 Å². The van der Waals surface area contributed by atoms with Crippen LogP contribution in [0.1, 0.15) is 47.1 Å². The van der Waals surface area contributed by atoms with Gasteiger partial charge in [0.2, 0.25) is 0 Å². The Morgan fingerprint density at radius 2 is 2.17 bits per heavy atom. The van der Waals surface area contributed by atoms with E-state index in [-0.39, 0.29) is 63.3 Å². The second-order valence-electron chi connectivity index (χ2n) is 7.04. The van der Waals surface area contributed by atoms with Crippen molar-refractivity contribution in [2.75, 3.05) is 12.4 Å². The monoisotopic (exact) mass is 427 g/mol. The number of amides is 1. The zero-order chi connectivity index (χ0) is 20.8. The number of aliphatic imine (C=N–C) groups is 1. The molecule has 0 fully saturated rings. The van der Waals surface area contributed by atoms with Crippen molar-refractivity contribution in [1.82, 2.24) is 10.3 Å². The summed E-state index contributed by atoms with van der Waals surface area (Å²) >= 11 is 0. The fourth-order valence-electron chi connectivity index (χ4n) is 3.01. The maximum absolute atomic E-state index is 12.6. The van der Waals surface area contributed by atoms with E-state index in [1.165, 1.54) is 0 Å². The number of pyridine rings is 1. The van der Waals surface area contributed by atoms with Crippen molar-refractivity contribution >= 4 is 23.5 Å². The minimum atomic E-state index is -0.165. The van der Waals surface area contributed by atoms with Crippen molar-refractivity contribution in [3.05, 3.63) is 77.9 Å². The van der Waals surface area contributed by atoms with Gasteiger partial charge < -0.3 is 26.4 Å². The van der Waals surface area contributed by atoms with E-state index in [0.717, 1.165) is 34.6 Å². The molecule has 1 aromatic carbocycles. The summed E-state index contributed by atoms with van der Waals surface area (Å²) in [5.74, 6) is -0.165. The second kappa shape index (κ2) is 11.6. The molecule has 30 heavy (non-hydrogen) atoms. The van der Waals surface area contributed by atoms with Gasteiger partial charge in [-0.25, -0.2) is 0 Å². The largest absolute Gasteiger partial charge is 1.00 e. The van der Waals surface area contributed by atoms with Crippen LogP contribution in [0.15, 0.2) is 47.7 Å². The molecule has 1 aromatic heterocycles. The summed E-state index contributed by atoms with van der Waals surface area (Å²) in [6, 6.07) is 9.65. The molecule has 0 aliphatic carbocycles. The van der Waals surface area contributed by atoms with Crippen molar-refractivity contribution in [1.29, 1.82) is 0 Å². The minimum Gasteiger partial charge on any atom is -0.560 e. The van der Waals surface area contributed by atoms with Crippen molar-refractivity contribution < 1.29 is 60.8 Å². The molecule has 150 valence electrons. The number of rotatable bonds is 7. The molecule has 1 atom stereocenters. The molecule has 1 aliphatic heterocycles. The number of aromatic nitrogens is 1. The van der Waals surface area contributed by atoms with Gasteiger partial charge in [0, 0.05) is 23.6 Å². The number of benzene rings is 1. The molecule has 0 radical (unpaired) electrons. The summed E-state index contributed by atoms with van der Waals surface area (Å²) < 4.78 is 1.94. The van der Waals surface area contributed by atoms with Gasteiger partial charge in [-0.05, 0) is 49.6 Å². The molecular formula is C23H26KN5O. The first-order chi connectivity index (χ1) is 14.0. The Bertz CT molecular complexity index is 997. The summed E-state index contributed by atoms with van der Waals surface area (Å²) in [5, 5.41) is 6.12. The van der Waals surface area contributed by atoms with E-state index in [2.05, 4.69) is 33.7 Å². The number of aryl methyl sites for hydroxylation is 2. The van der Waals surface area contributed by atoms with Gasteiger partial charge in [0.1, 0.15) is 7.05 Å². The molecule has 2 heterocycles. The van der Waals surface area contributed by atoms with Gasteiger partial charge in [0.05, 0.1) is 24.0 Å². The smallest absolute Gasteiger partial charge is 0.560 e. The van der Waals surface area contributed by atoms with Crippen LogP contribution in [-0.4, -0.2) is 34.4 Å². The number of anilines is 1. The van der Waals surface area contributed by atoms with Crippen LogP contribution in [0, 0.1) is 19.7 Å². The van der Waals surface area contributed by atoms with Crippen LogP contribution in [0.25, 0.3) is 0 Å². The minimum absolute atomic E-state index is 0. The van der Waals surface area contributed by atoms with Gasteiger partial charge >= 0.3 is 51.4 Å². The quantitative estimate of drug-likeness (QED) is 0.292. The van der Waals surface area contributed by atoms with E-state index in [9.17, 15) is 4.79 Å². The van der Waals surface area contributed by atoms with Crippen molar-refractivity contribution in [3.8, 4) is 0 Å². The van der Waals surface area contributed by atoms with E-state index < -0.39 is 0 Å². The molecule has 7 heteroatoms. The first kappa shape index (κ1) is 24.5. The molecule has 6 nitrogen and oxygen atoms in total. The Morgan fingerprint density at radius 3 is 2.83 bits per heavy atom. The van der Waals surface area contributed by atoms with E-state index >= 15 is 0 Å². The van der Waals surface area contributed by atoms with Crippen LogP contribution < -0.4 is 62.0 Å². The first-order valence-electron chi connectivity index (χ1n) is 9.65. The van der Waals surface area contributed by atoms with Crippen molar-refractivity contribution in [3.63, 3.8) is 0 Å². The molecule has 1 unspecified atom stereocenters. The Morgan fingerprint density at radius 1 is 1.40 bits per heavy atom. The molecular weight excluding hydrogens is 401 g/mol. The van der Waals surface area contributed by atoms with Gasteiger partial charge in [-0.1, -0.05) is 19.1 Å². The molecule has 1 amide bonds. The third-order valence-corrected chi connectivity index (χ3v) is 4.68. The van der Waals surface area contributed by atoms with Gasteiger partial charge in [0.15, 0.2) is 0 Å². The molecule has 2 aromatic rings. The van der Waals surface area contributed by atoms with Gasteiger partial charge in [-0.2, -0.15) is 0 Å². The topological polar surface area (TPSA) is 69.4 Å². The summed E-state index contributed by atoms with van der Waals surface area (Å²) in [7, 11) is 1.95. The molecule has 1 aliphatic rings. The number of hydrogen-bond donors (Lipinski definition) is 2. The first-order valence-corrected chi connectivity index (χ1v) is 9.65. The predicted molar refractivity (Wildman–Crippen MR) is 116 cm³/mol. The fraction of sp³-hybridized carbons (Fsp3) is 0.261. The van der Waals surface area contributed by atoms with E-state index in [1.54, 1.807) is 12.4 Å². The molecule has 0 saturated heterocycles. The summed E-state index contributed by atoms with van der Waals surface area (Å²) in [6.07, 6.45) is 9.02. The maximum Gasteiger partial charge on any atom is 1.00 e. The Labute approximate surface area is 221 Å². The average molecular weight is 428 g/mol. The fourth-order valence-corrected chi connectivity index (χ4v) is 3.01. The normalized spacial score (nSPS) is 14.9. The Balaban J connectivity index is 0.00000320. The number of nitrogens with one attached hydrogen (secondary N) is 2. The number of nitrogens with zero attached hydrogens (tertiary/aromatic N) is 3. The van der Waals surface area contributed by atoms with Crippen LogP contribution >= 0.6 is 0 Å². The molecule has 2 N–H and O–H groups in total. The molecule has 3 rings (SSSR count). The van der Waals surface area contributed by atoms with Crippen molar-refractivity contribution in [2.24, 2.45) is 4.99 Å². The standard InChI is InChI=1S/C23H26N5O.K/c1-5-22-16(2)11-19(13-26-22)23(29)27-20-8-6-7-18(12-20)17(3)24-9-10-25-21-14-28(4)15-21;/h6-8,10-15,17,24H,5H2,1-4H3,(H,27,29);/q-1;+1. The Hall–Kier alpha value is -1.77. The van der Waals surface area contributed by atoms with E-state index in [4.69, 9.17) is 0 Å². The van der Waals surface area contributed by atoms with Gasteiger partial charge in [-0.15, -0.1) is 6.20 Å². The average Bonchev–Trinajstić information content (AvgIpc) is 2.69. The zero-order valence-electron chi connectivity index (χ0n) is 18.2. The van der Waals surface area contributed by atoms with Crippen LogP contribution in [0.3, 0.4) is 0 Å². The van der Waals surface area contributed by atoms with Crippen LogP contribution in [0.4, 0.5) is 5.69 Å². The SMILES string of the molecule is CCc1ncc(C(=O)Nc2cccc(C(C)N[C-]=CN=C3C=[N+](C)[CH-]3)c2)cc1C.[K+]. The molecule has 0 bridgehead atoms. The summed E-state index contributed by atoms with van der Waals surface area (Å²) in [6.45, 7) is 7.99. The van der Waals surface area contributed by atoms with E-state index in [1.807, 2.05) is 68.6 Å². The summed E-state index contributed by atoms with van der Waals surface area (Å²) in [5.41, 5.74) is 5.29. The van der Waals surface area contributed by atoms with Crippen LogP contribution in [0.5, 0.6) is 0 Å². The summed E-state index contributed by atoms with van der Waals surface area (Å²) in [4.78, 5) is 21.2.